The van der Waals surface area contributed by atoms with Crippen LogP contribution in [0.3, 0.4) is 0 Å². The molecule has 0 spiro atoms. The van der Waals surface area contributed by atoms with Gasteiger partial charge in [0.2, 0.25) is 10.0 Å². The van der Waals surface area contributed by atoms with Crippen LogP contribution in [0.4, 0.5) is 11.4 Å². The molecule has 1 aromatic carbocycles. The number of sulfonamides is 1. The molecular weight excluding hydrogens is 276 g/mol. The van der Waals surface area contributed by atoms with E-state index in [0.29, 0.717) is 11.4 Å². The van der Waals surface area contributed by atoms with Gasteiger partial charge in [-0.25, -0.2) is 13.1 Å². The lowest BCUT2D eigenvalue weighted by molar-refractivity contribution is 0.401. The monoisotopic (exact) mass is 300 g/mol. The highest BCUT2D eigenvalue weighted by molar-refractivity contribution is 7.89. The van der Waals surface area contributed by atoms with Crippen LogP contribution >= 0.6 is 0 Å². The molecule has 0 unspecified atom stereocenters. The van der Waals surface area contributed by atoms with E-state index >= 15 is 0 Å². The summed E-state index contributed by atoms with van der Waals surface area (Å²) in [6.45, 7) is 1.72. The molecule has 0 heterocycles. The van der Waals surface area contributed by atoms with Gasteiger partial charge in [-0.2, -0.15) is 0 Å². The molecule has 0 saturated heterocycles. The Morgan fingerprint density at radius 3 is 2.40 bits per heavy atom. The second kappa shape index (κ2) is 6.92. The quantitative estimate of drug-likeness (QED) is 0.720. The second-order valence-electron chi connectivity index (χ2n) is 5.01. The number of hydrogen-bond donors (Lipinski definition) is 2. The number of nitrogens with one attached hydrogen (secondary N) is 1. The van der Waals surface area contributed by atoms with E-state index in [4.69, 9.17) is 5.73 Å². The van der Waals surface area contributed by atoms with Gasteiger partial charge in [-0.3, -0.25) is 0 Å². The number of nitrogens with zero attached hydrogens (tertiary/aromatic N) is 2. The summed E-state index contributed by atoms with van der Waals surface area (Å²) in [7, 11) is 3.79. The van der Waals surface area contributed by atoms with Crippen molar-refractivity contribution in [3.63, 3.8) is 0 Å². The summed E-state index contributed by atoms with van der Waals surface area (Å²) in [4.78, 5) is 4.25. The van der Waals surface area contributed by atoms with Gasteiger partial charge < -0.3 is 15.5 Å². The van der Waals surface area contributed by atoms with Gasteiger partial charge in [-0.05, 0) is 52.3 Å². The number of hydrogen-bond acceptors (Lipinski definition) is 5. The first-order valence-electron chi connectivity index (χ1n) is 6.47. The van der Waals surface area contributed by atoms with Crippen LogP contribution in [0.2, 0.25) is 0 Å². The Morgan fingerprint density at radius 1 is 1.20 bits per heavy atom. The van der Waals surface area contributed by atoms with Crippen LogP contribution < -0.4 is 15.4 Å². The van der Waals surface area contributed by atoms with Crippen molar-refractivity contribution in [2.24, 2.45) is 0 Å². The summed E-state index contributed by atoms with van der Waals surface area (Å²) >= 11 is 0. The maximum absolute atomic E-state index is 12.1. The van der Waals surface area contributed by atoms with Crippen molar-refractivity contribution in [1.82, 2.24) is 9.62 Å². The average molecular weight is 300 g/mol. The van der Waals surface area contributed by atoms with Crippen molar-refractivity contribution in [3.8, 4) is 0 Å². The molecule has 0 saturated carbocycles. The molecule has 1 aromatic rings. The van der Waals surface area contributed by atoms with Gasteiger partial charge >= 0.3 is 0 Å². The number of nitrogen functional groups attached to an aromatic ring is 1. The molecule has 114 valence electrons. The number of benzene rings is 1. The second-order valence-corrected chi connectivity index (χ2v) is 6.87. The summed E-state index contributed by atoms with van der Waals surface area (Å²) in [6.07, 6.45) is 0.951. The summed E-state index contributed by atoms with van der Waals surface area (Å²) in [5.41, 5.74) is 6.80. The van der Waals surface area contributed by atoms with Crippen LogP contribution in [0.5, 0.6) is 0 Å². The molecule has 0 amide bonds. The normalized spacial score (nSPS) is 11.8. The highest BCUT2D eigenvalue weighted by Crippen LogP contribution is 2.26. The fourth-order valence-corrected chi connectivity index (χ4v) is 2.93. The zero-order chi connectivity index (χ0) is 15.3. The third-order valence-electron chi connectivity index (χ3n) is 3.05. The highest BCUT2D eigenvalue weighted by Gasteiger charge is 2.19. The molecule has 0 aliphatic heterocycles. The standard InChI is InChI=1S/C13H24N4O2S/c1-15-20(18,19)13-10-11(14)6-7-12(13)17(4)9-5-8-16(2)3/h6-7,10,15H,5,8-9,14H2,1-4H3. The topological polar surface area (TPSA) is 78.7 Å². The first-order valence-corrected chi connectivity index (χ1v) is 7.95. The third kappa shape index (κ3) is 4.36. The van der Waals surface area contributed by atoms with E-state index in [1.54, 1.807) is 12.1 Å². The SMILES string of the molecule is CNS(=O)(=O)c1cc(N)ccc1N(C)CCCN(C)C. The fourth-order valence-electron chi connectivity index (χ4n) is 1.92. The van der Waals surface area contributed by atoms with Crippen LogP contribution in [-0.2, 0) is 10.0 Å². The van der Waals surface area contributed by atoms with Gasteiger partial charge in [0.05, 0.1) is 5.69 Å². The molecule has 0 radical (unpaired) electrons. The van der Waals surface area contributed by atoms with Gasteiger partial charge in [0.25, 0.3) is 0 Å². The zero-order valence-corrected chi connectivity index (χ0v) is 13.4. The molecule has 20 heavy (non-hydrogen) atoms. The predicted octanol–water partition coefficient (Wildman–Crippen LogP) is 0.565. The van der Waals surface area contributed by atoms with Crippen LogP contribution in [0, 0.1) is 0 Å². The van der Waals surface area contributed by atoms with E-state index in [2.05, 4.69) is 9.62 Å². The lowest BCUT2D eigenvalue weighted by atomic mass is 10.2. The maximum atomic E-state index is 12.1. The van der Waals surface area contributed by atoms with Crippen molar-refractivity contribution in [1.29, 1.82) is 0 Å². The largest absolute Gasteiger partial charge is 0.399 e. The first kappa shape index (κ1) is 16.7. The third-order valence-corrected chi connectivity index (χ3v) is 4.50. The van der Waals surface area contributed by atoms with Gasteiger partial charge in [0.1, 0.15) is 4.90 Å². The van der Waals surface area contributed by atoms with Gasteiger partial charge in [-0.1, -0.05) is 0 Å². The zero-order valence-electron chi connectivity index (χ0n) is 12.5. The van der Waals surface area contributed by atoms with Gasteiger partial charge in [0.15, 0.2) is 0 Å². The van der Waals surface area contributed by atoms with E-state index in [1.165, 1.54) is 13.1 Å². The predicted molar refractivity (Wildman–Crippen MR) is 83.5 cm³/mol. The smallest absolute Gasteiger partial charge is 0.242 e. The van der Waals surface area contributed by atoms with E-state index in [1.807, 2.05) is 26.0 Å². The molecule has 0 fully saturated rings. The Morgan fingerprint density at radius 2 is 1.85 bits per heavy atom. The van der Waals surface area contributed by atoms with Gasteiger partial charge in [0, 0.05) is 19.3 Å². The molecule has 0 bridgehead atoms. The summed E-state index contributed by atoms with van der Waals surface area (Å²) in [5, 5.41) is 0. The van der Waals surface area contributed by atoms with E-state index in [9.17, 15) is 8.42 Å². The lowest BCUT2D eigenvalue weighted by Gasteiger charge is -2.23. The van der Waals surface area contributed by atoms with Crippen LogP contribution in [0.25, 0.3) is 0 Å². The minimum absolute atomic E-state index is 0.215. The van der Waals surface area contributed by atoms with Crippen molar-refractivity contribution in [2.45, 2.75) is 11.3 Å². The van der Waals surface area contributed by atoms with Crippen LogP contribution in [-0.4, -0.2) is 54.6 Å². The van der Waals surface area contributed by atoms with Crippen molar-refractivity contribution < 1.29 is 8.42 Å². The molecule has 0 aromatic heterocycles. The van der Waals surface area contributed by atoms with Gasteiger partial charge in [-0.15, -0.1) is 0 Å². The van der Waals surface area contributed by atoms with E-state index in [-0.39, 0.29) is 4.90 Å². The lowest BCUT2D eigenvalue weighted by Crippen LogP contribution is -2.27. The first-order chi connectivity index (χ1) is 9.27. The van der Waals surface area contributed by atoms with Crippen LogP contribution in [0.1, 0.15) is 6.42 Å². The Hall–Kier alpha value is -1.31. The molecule has 0 aliphatic carbocycles. The maximum Gasteiger partial charge on any atom is 0.242 e. The fraction of sp³-hybridized carbons (Fsp3) is 0.538. The Labute approximate surface area is 121 Å². The molecule has 0 aliphatic rings. The van der Waals surface area contributed by atoms with E-state index < -0.39 is 10.0 Å². The molecule has 0 atom stereocenters. The molecule has 3 N–H and O–H groups in total. The molecule has 6 nitrogen and oxygen atoms in total. The average Bonchev–Trinajstić information content (AvgIpc) is 2.38. The molecule has 1 rings (SSSR count). The molecular formula is C13H24N4O2S. The summed E-state index contributed by atoms with van der Waals surface area (Å²) < 4.78 is 26.5. The Balaban J connectivity index is 3.00. The van der Waals surface area contributed by atoms with Crippen molar-refractivity contribution in [2.75, 3.05) is 51.9 Å². The van der Waals surface area contributed by atoms with E-state index in [0.717, 1.165) is 19.5 Å². The molecule has 7 heteroatoms. The van der Waals surface area contributed by atoms with Crippen molar-refractivity contribution >= 4 is 21.4 Å². The Bertz CT molecular complexity index is 543. The minimum atomic E-state index is -3.52. The van der Waals surface area contributed by atoms with Crippen molar-refractivity contribution in [3.05, 3.63) is 18.2 Å². The highest BCUT2D eigenvalue weighted by atomic mass is 32.2. The summed E-state index contributed by atoms with van der Waals surface area (Å²) in [6, 6.07) is 4.95. The minimum Gasteiger partial charge on any atom is -0.399 e. The number of nitrogens with two attached hydrogens (primary N) is 1. The number of anilines is 2. The summed E-state index contributed by atoms with van der Waals surface area (Å²) in [5.74, 6) is 0. The number of rotatable bonds is 7. The Kier molecular flexibility index (Phi) is 5.79. The van der Waals surface area contributed by atoms with Crippen LogP contribution in [0.15, 0.2) is 23.1 Å².